The van der Waals surface area contributed by atoms with Crippen molar-refractivity contribution < 1.29 is 27.4 Å². The van der Waals surface area contributed by atoms with Gasteiger partial charge >= 0.3 is 6.18 Å². The number of carbonyl (C=O) groups is 1. The zero-order valence-corrected chi connectivity index (χ0v) is 20.5. The molecule has 0 saturated carbocycles. The third-order valence-electron chi connectivity index (χ3n) is 6.60. The molecule has 3 aromatic rings. The Morgan fingerprint density at radius 1 is 1.05 bits per heavy atom. The first-order valence-corrected chi connectivity index (χ1v) is 12.0. The fourth-order valence-corrected chi connectivity index (χ4v) is 4.72. The minimum absolute atomic E-state index is 0.0250. The first-order chi connectivity index (χ1) is 17.7. The highest BCUT2D eigenvalue weighted by Gasteiger charge is 2.34. The first-order valence-electron chi connectivity index (χ1n) is 12.0. The van der Waals surface area contributed by atoms with E-state index in [1.54, 1.807) is 19.2 Å². The molecule has 2 heterocycles. The predicted octanol–water partition coefficient (Wildman–Crippen LogP) is 5.67. The van der Waals surface area contributed by atoms with Gasteiger partial charge in [-0.25, -0.2) is 4.99 Å². The van der Waals surface area contributed by atoms with Crippen molar-refractivity contribution in [1.29, 1.82) is 0 Å². The van der Waals surface area contributed by atoms with Gasteiger partial charge < -0.3 is 19.3 Å². The Kier molecular flexibility index (Phi) is 6.54. The van der Waals surface area contributed by atoms with E-state index >= 15 is 0 Å². The molecule has 0 N–H and O–H groups in total. The lowest BCUT2D eigenvalue weighted by atomic mass is 10.1. The lowest BCUT2D eigenvalue weighted by molar-refractivity contribution is -0.137. The monoisotopic (exact) mass is 509 g/mol. The Morgan fingerprint density at radius 2 is 1.86 bits per heavy atom. The fourth-order valence-electron chi connectivity index (χ4n) is 4.72. The molecule has 0 aromatic heterocycles. The summed E-state index contributed by atoms with van der Waals surface area (Å²) in [5.41, 5.74) is 1.10. The number of halogens is 3. The highest BCUT2D eigenvalue weighted by molar-refractivity contribution is 6.04. The maximum atomic E-state index is 13.3. The number of para-hydroxylation sites is 1. The summed E-state index contributed by atoms with van der Waals surface area (Å²) in [6, 6.07) is 17.9. The Morgan fingerprint density at radius 3 is 2.62 bits per heavy atom. The van der Waals surface area contributed by atoms with Crippen molar-refractivity contribution in [2.45, 2.75) is 25.6 Å². The topological polar surface area (TPSA) is 54.4 Å². The van der Waals surface area contributed by atoms with Crippen molar-refractivity contribution in [3.05, 3.63) is 83.4 Å². The fraction of sp³-hybridized carbons (Fsp3) is 0.286. The van der Waals surface area contributed by atoms with Crippen molar-refractivity contribution in [2.24, 2.45) is 4.99 Å². The predicted molar refractivity (Wildman–Crippen MR) is 134 cm³/mol. The summed E-state index contributed by atoms with van der Waals surface area (Å²) in [6.45, 7) is 3.52. The highest BCUT2D eigenvalue weighted by Crippen LogP contribution is 2.42. The molecule has 2 aliphatic rings. The number of fused-ring (bicyclic) bond motifs is 2. The summed E-state index contributed by atoms with van der Waals surface area (Å²) in [5.74, 6) is 1.83. The standard InChI is InChI=1S/C28H26F3N3O3/c1-18-17-33(12-13-34(18)26(35)15-19-6-5-7-21(14-19)36-2)27-22-8-3-4-9-24(22)37-25-16-20(28(29,30)31)10-11-23(25)32-27/h3-11,14,16,18H,12-13,15,17H2,1-2H3. The maximum Gasteiger partial charge on any atom is 0.416 e. The number of ether oxygens (including phenoxy) is 2. The number of hydrogen-bond acceptors (Lipinski definition) is 5. The van der Waals surface area contributed by atoms with Crippen LogP contribution in [0.3, 0.4) is 0 Å². The molecule has 2 aliphatic heterocycles. The lowest BCUT2D eigenvalue weighted by Crippen LogP contribution is -2.55. The number of rotatable bonds is 3. The molecule has 0 radical (unpaired) electrons. The smallest absolute Gasteiger partial charge is 0.416 e. The van der Waals surface area contributed by atoms with Crippen molar-refractivity contribution in [2.75, 3.05) is 26.7 Å². The van der Waals surface area contributed by atoms with Gasteiger partial charge in [0.2, 0.25) is 5.91 Å². The van der Waals surface area contributed by atoms with E-state index in [1.807, 2.05) is 48.2 Å². The van der Waals surface area contributed by atoms with Crippen LogP contribution in [0.5, 0.6) is 17.2 Å². The molecule has 1 unspecified atom stereocenters. The summed E-state index contributed by atoms with van der Waals surface area (Å²) >= 11 is 0. The minimum Gasteiger partial charge on any atom is -0.497 e. The van der Waals surface area contributed by atoms with Crippen LogP contribution in [0.2, 0.25) is 0 Å². The molecule has 5 rings (SSSR count). The van der Waals surface area contributed by atoms with Gasteiger partial charge in [0.05, 0.1) is 24.7 Å². The molecule has 1 fully saturated rings. The maximum absolute atomic E-state index is 13.3. The molecule has 0 aliphatic carbocycles. The van der Waals surface area contributed by atoms with Crippen LogP contribution in [0.1, 0.15) is 23.6 Å². The van der Waals surface area contributed by atoms with Crippen LogP contribution < -0.4 is 9.47 Å². The second kappa shape index (κ2) is 9.80. The summed E-state index contributed by atoms with van der Waals surface area (Å²) in [5, 5.41) is 0. The SMILES string of the molecule is COc1cccc(CC(=O)N2CCN(C3=Nc4ccc(C(F)(F)F)cc4Oc4ccccc43)CC2C)c1. The Bertz CT molecular complexity index is 1360. The largest absolute Gasteiger partial charge is 0.497 e. The second-order valence-corrected chi connectivity index (χ2v) is 9.12. The molecular weight excluding hydrogens is 483 g/mol. The van der Waals surface area contributed by atoms with E-state index in [9.17, 15) is 18.0 Å². The van der Waals surface area contributed by atoms with Crippen molar-refractivity contribution in [3.8, 4) is 17.2 Å². The van der Waals surface area contributed by atoms with Crippen LogP contribution in [-0.4, -0.2) is 54.3 Å². The molecule has 3 aromatic carbocycles. The van der Waals surface area contributed by atoms with Crippen LogP contribution in [0.15, 0.2) is 71.7 Å². The van der Waals surface area contributed by atoms with E-state index in [1.165, 1.54) is 6.07 Å². The summed E-state index contributed by atoms with van der Waals surface area (Å²) < 4.78 is 51.1. The Hall–Kier alpha value is -4.01. The number of methoxy groups -OCH3 is 1. The lowest BCUT2D eigenvalue weighted by Gasteiger charge is -2.41. The van der Waals surface area contributed by atoms with Gasteiger partial charge in [-0.05, 0) is 55.0 Å². The van der Waals surface area contributed by atoms with Crippen molar-refractivity contribution in [3.63, 3.8) is 0 Å². The summed E-state index contributed by atoms with van der Waals surface area (Å²) in [4.78, 5) is 21.8. The average molecular weight is 510 g/mol. The van der Waals surface area contributed by atoms with E-state index in [0.29, 0.717) is 48.2 Å². The number of benzene rings is 3. The molecule has 1 amide bonds. The van der Waals surface area contributed by atoms with E-state index in [0.717, 1.165) is 17.7 Å². The number of amidine groups is 1. The van der Waals surface area contributed by atoms with E-state index in [4.69, 9.17) is 14.5 Å². The molecule has 0 bridgehead atoms. The molecule has 1 atom stereocenters. The molecule has 192 valence electrons. The number of nitrogens with zero attached hydrogens (tertiary/aromatic N) is 3. The van der Waals surface area contributed by atoms with Gasteiger partial charge in [-0.2, -0.15) is 13.2 Å². The molecule has 6 nitrogen and oxygen atoms in total. The van der Waals surface area contributed by atoms with Crippen LogP contribution >= 0.6 is 0 Å². The van der Waals surface area contributed by atoms with Crippen LogP contribution in [0.4, 0.5) is 18.9 Å². The number of piperazine rings is 1. The summed E-state index contributed by atoms with van der Waals surface area (Å²) in [6.07, 6.45) is -4.21. The second-order valence-electron chi connectivity index (χ2n) is 9.12. The van der Waals surface area contributed by atoms with Crippen LogP contribution in [0, 0.1) is 0 Å². The van der Waals surface area contributed by atoms with Gasteiger partial charge in [-0.15, -0.1) is 0 Å². The molecule has 0 spiro atoms. The zero-order chi connectivity index (χ0) is 26.2. The normalized spacial score (nSPS) is 17.2. The molecule has 1 saturated heterocycles. The number of aliphatic imine (C=N–C) groups is 1. The van der Waals surface area contributed by atoms with E-state index < -0.39 is 11.7 Å². The van der Waals surface area contributed by atoms with Gasteiger partial charge in [0, 0.05) is 25.7 Å². The van der Waals surface area contributed by atoms with Gasteiger partial charge in [0.25, 0.3) is 0 Å². The van der Waals surface area contributed by atoms with Gasteiger partial charge in [0.1, 0.15) is 23.0 Å². The Labute approximate surface area is 212 Å². The summed E-state index contributed by atoms with van der Waals surface area (Å²) in [7, 11) is 1.59. The average Bonchev–Trinajstić information content (AvgIpc) is 3.04. The van der Waals surface area contributed by atoms with Crippen molar-refractivity contribution in [1.82, 2.24) is 9.80 Å². The number of alkyl halides is 3. The molecule has 37 heavy (non-hydrogen) atoms. The van der Waals surface area contributed by atoms with Gasteiger partial charge in [-0.1, -0.05) is 24.3 Å². The quantitative estimate of drug-likeness (QED) is 0.456. The number of carbonyl (C=O) groups excluding carboxylic acids is 1. The highest BCUT2D eigenvalue weighted by atomic mass is 19.4. The molecule has 9 heteroatoms. The number of amides is 1. The minimum atomic E-state index is -4.49. The van der Waals surface area contributed by atoms with E-state index in [-0.39, 0.29) is 24.1 Å². The Balaban J connectivity index is 1.39. The van der Waals surface area contributed by atoms with Crippen molar-refractivity contribution >= 4 is 17.4 Å². The number of hydrogen-bond donors (Lipinski definition) is 0. The first kappa shape index (κ1) is 24.7. The van der Waals surface area contributed by atoms with Gasteiger partial charge in [0.15, 0.2) is 5.75 Å². The third-order valence-corrected chi connectivity index (χ3v) is 6.60. The van der Waals surface area contributed by atoms with Gasteiger partial charge in [-0.3, -0.25) is 4.79 Å². The van der Waals surface area contributed by atoms with Crippen LogP contribution in [-0.2, 0) is 17.4 Å². The third kappa shape index (κ3) is 5.12. The van der Waals surface area contributed by atoms with Crippen LogP contribution in [0.25, 0.3) is 0 Å². The zero-order valence-electron chi connectivity index (χ0n) is 20.5. The molecular formula is C28H26F3N3O3. The van der Waals surface area contributed by atoms with E-state index in [2.05, 4.69) is 4.90 Å².